The van der Waals surface area contributed by atoms with E-state index in [2.05, 4.69) is 24.5 Å². The van der Waals surface area contributed by atoms with Crippen molar-refractivity contribution in [2.24, 2.45) is 0 Å². The van der Waals surface area contributed by atoms with Gasteiger partial charge in [0.2, 0.25) is 11.8 Å². The third kappa shape index (κ3) is 28.7. The Labute approximate surface area is 308 Å². The van der Waals surface area contributed by atoms with E-state index in [-0.39, 0.29) is 24.0 Å². The summed E-state index contributed by atoms with van der Waals surface area (Å²) in [7, 11) is 0. The molecule has 290 valence electrons. The van der Waals surface area contributed by atoms with Gasteiger partial charge in [-0.15, -0.1) is 0 Å². The Morgan fingerprint density at radius 1 is 0.460 bits per heavy atom. The molecule has 1 rings (SSSR count). The average Bonchev–Trinajstić information content (AvgIpc) is 3.11. The lowest BCUT2D eigenvalue weighted by molar-refractivity contribution is -0.122. The molecule has 0 heterocycles. The molecule has 2 atom stereocenters. The highest BCUT2D eigenvalue weighted by Crippen LogP contribution is 2.16. The van der Waals surface area contributed by atoms with E-state index in [1.165, 1.54) is 103 Å². The van der Waals surface area contributed by atoms with E-state index in [1.807, 2.05) is 24.3 Å². The number of carbonyl (C=O) groups excluding carboxylic acids is 2. The van der Waals surface area contributed by atoms with Crippen LogP contribution in [0.3, 0.4) is 0 Å². The molecule has 1 aromatic rings. The van der Waals surface area contributed by atoms with Crippen LogP contribution in [0.5, 0.6) is 0 Å². The van der Waals surface area contributed by atoms with Gasteiger partial charge in [-0.1, -0.05) is 179 Å². The number of aliphatic hydroxyl groups is 2. The number of hydrogen-bond acceptors (Lipinski definition) is 4. The second-order valence-corrected chi connectivity index (χ2v) is 15.1. The van der Waals surface area contributed by atoms with Gasteiger partial charge in [-0.3, -0.25) is 9.59 Å². The van der Waals surface area contributed by atoms with Crippen molar-refractivity contribution in [2.45, 2.75) is 232 Å². The maximum absolute atomic E-state index is 12.5. The molecule has 1 aromatic carbocycles. The first-order chi connectivity index (χ1) is 24.5. The van der Waals surface area contributed by atoms with E-state index in [0.29, 0.717) is 25.9 Å². The highest BCUT2D eigenvalue weighted by molar-refractivity contribution is 5.76. The van der Waals surface area contributed by atoms with Gasteiger partial charge in [0.1, 0.15) is 0 Å². The van der Waals surface area contributed by atoms with Crippen molar-refractivity contribution < 1.29 is 19.8 Å². The Balaban J connectivity index is 2.01. The number of aliphatic hydroxyl groups excluding tert-OH is 2. The van der Waals surface area contributed by atoms with Crippen molar-refractivity contribution in [3.63, 3.8) is 0 Å². The van der Waals surface area contributed by atoms with Crippen LogP contribution in [0.25, 0.3) is 0 Å². The van der Waals surface area contributed by atoms with Gasteiger partial charge in [-0.2, -0.15) is 0 Å². The third-order valence-electron chi connectivity index (χ3n) is 10.2. The normalized spacial score (nSPS) is 12.6. The second-order valence-electron chi connectivity index (χ2n) is 15.1. The molecular formula is C44H80N2O4. The van der Waals surface area contributed by atoms with Crippen molar-refractivity contribution in [1.29, 1.82) is 0 Å². The summed E-state index contributed by atoms with van der Waals surface area (Å²) < 4.78 is 0. The van der Waals surface area contributed by atoms with Crippen LogP contribution >= 0.6 is 0 Å². The lowest BCUT2D eigenvalue weighted by Crippen LogP contribution is -2.25. The fourth-order valence-corrected chi connectivity index (χ4v) is 6.82. The van der Waals surface area contributed by atoms with Gasteiger partial charge in [0.15, 0.2) is 0 Å². The van der Waals surface area contributed by atoms with Gasteiger partial charge in [0.25, 0.3) is 0 Å². The summed E-state index contributed by atoms with van der Waals surface area (Å²) in [5.41, 5.74) is 2.13. The van der Waals surface area contributed by atoms with E-state index in [1.54, 1.807) is 0 Å². The van der Waals surface area contributed by atoms with Gasteiger partial charge in [0.05, 0.1) is 12.2 Å². The van der Waals surface area contributed by atoms with Crippen LogP contribution in [-0.2, 0) is 22.7 Å². The first kappa shape index (κ1) is 46.1. The number of unbranched alkanes of at least 4 members (excludes halogenated alkanes) is 20. The maximum atomic E-state index is 12.5. The van der Waals surface area contributed by atoms with Crippen LogP contribution in [0.15, 0.2) is 24.3 Å². The average molecular weight is 701 g/mol. The fraction of sp³-hybridized carbons (Fsp3) is 0.818. The summed E-state index contributed by atoms with van der Waals surface area (Å²) in [4.78, 5) is 24.9. The van der Waals surface area contributed by atoms with E-state index < -0.39 is 0 Å². The number of benzene rings is 1. The maximum Gasteiger partial charge on any atom is 0.220 e. The number of carbonyl (C=O) groups is 2. The van der Waals surface area contributed by atoms with Crippen LogP contribution in [0, 0.1) is 0 Å². The van der Waals surface area contributed by atoms with Gasteiger partial charge < -0.3 is 20.8 Å². The number of hydrogen-bond donors (Lipinski definition) is 4. The van der Waals surface area contributed by atoms with Crippen molar-refractivity contribution >= 4 is 11.8 Å². The van der Waals surface area contributed by atoms with Gasteiger partial charge in [-0.05, 0) is 49.7 Å². The highest BCUT2D eigenvalue weighted by atomic mass is 16.3. The number of nitrogens with one attached hydrogen (secondary N) is 2. The van der Waals surface area contributed by atoms with Crippen LogP contribution in [0.4, 0.5) is 0 Å². The van der Waals surface area contributed by atoms with Crippen LogP contribution in [0.2, 0.25) is 0 Å². The molecule has 50 heavy (non-hydrogen) atoms. The molecule has 0 bridgehead atoms. The minimum atomic E-state index is -0.0972. The first-order valence-corrected chi connectivity index (χ1v) is 21.4. The third-order valence-corrected chi connectivity index (χ3v) is 10.2. The van der Waals surface area contributed by atoms with Crippen LogP contribution in [-0.4, -0.2) is 34.2 Å². The topological polar surface area (TPSA) is 98.7 Å². The van der Waals surface area contributed by atoms with Crippen molar-refractivity contribution in [2.75, 3.05) is 0 Å². The molecule has 0 saturated carbocycles. The summed E-state index contributed by atoms with van der Waals surface area (Å²) in [6, 6.07) is 8.06. The lowest BCUT2D eigenvalue weighted by Gasteiger charge is -2.12. The molecule has 0 aliphatic carbocycles. The second kappa shape index (κ2) is 34.2. The highest BCUT2D eigenvalue weighted by Gasteiger charge is 2.08. The molecule has 0 fully saturated rings. The summed E-state index contributed by atoms with van der Waals surface area (Å²) >= 11 is 0. The Hall–Kier alpha value is -1.92. The van der Waals surface area contributed by atoms with Gasteiger partial charge >= 0.3 is 0 Å². The van der Waals surface area contributed by atoms with Crippen LogP contribution in [0.1, 0.15) is 218 Å². The molecule has 2 unspecified atom stereocenters. The quantitative estimate of drug-likeness (QED) is 0.0524. The molecule has 6 heteroatoms. The van der Waals surface area contributed by atoms with Crippen molar-refractivity contribution in [3.8, 4) is 0 Å². The van der Waals surface area contributed by atoms with Gasteiger partial charge in [0, 0.05) is 25.9 Å². The van der Waals surface area contributed by atoms with Crippen molar-refractivity contribution in [3.05, 3.63) is 35.4 Å². The molecule has 0 spiro atoms. The zero-order valence-corrected chi connectivity index (χ0v) is 32.8. The molecule has 0 aliphatic rings. The predicted octanol–water partition coefficient (Wildman–Crippen LogP) is 11.4. The monoisotopic (exact) mass is 701 g/mol. The molecule has 2 amide bonds. The minimum absolute atomic E-state index is 0.0972. The molecule has 6 nitrogen and oxygen atoms in total. The summed E-state index contributed by atoms with van der Waals surface area (Å²) in [5, 5.41) is 26.2. The summed E-state index contributed by atoms with van der Waals surface area (Å²) in [5.74, 6) is 0.211. The summed E-state index contributed by atoms with van der Waals surface area (Å²) in [6.45, 7) is 5.41. The minimum Gasteiger partial charge on any atom is -0.393 e. The molecule has 0 radical (unpaired) electrons. The Morgan fingerprint density at radius 3 is 1.06 bits per heavy atom. The number of amides is 2. The molecule has 0 saturated heterocycles. The predicted molar refractivity (Wildman–Crippen MR) is 212 cm³/mol. The zero-order valence-electron chi connectivity index (χ0n) is 32.8. The standard InChI is InChI=1S/C44H80N2O4/c1-3-5-21-31-41(47)33-23-17-13-9-7-11-15-19-25-35-43(49)45-37-39-29-27-28-30-40(39)38-46-44(50)36-26-20-16-12-8-10-14-18-24-34-42(48)32-22-6-4-2/h27-30,41-42,47-48H,3-26,31-38H2,1-2H3,(H,45,49)(H,46,50). The van der Waals surface area contributed by atoms with Gasteiger partial charge in [-0.25, -0.2) is 0 Å². The largest absolute Gasteiger partial charge is 0.393 e. The zero-order chi connectivity index (χ0) is 36.3. The summed E-state index contributed by atoms with van der Waals surface area (Å²) in [6.07, 6.45) is 33.4. The lowest BCUT2D eigenvalue weighted by atomic mass is 10.0. The Bertz CT molecular complexity index is 850. The SMILES string of the molecule is CCCCCC(O)CCCCCCCCCCCC(=O)NCc1ccccc1CNC(=O)CCCCCCCCCCCC(O)CCCCC. The Kier molecular flexibility index (Phi) is 31.5. The molecule has 4 N–H and O–H groups in total. The molecule has 0 aromatic heterocycles. The molecular weight excluding hydrogens is 620 g/mol. The molecule has 0 aliphatic heterocycles. The fourth-order valence-electron chi connectivity index (χ4n) is 6.82. The van der Waals surface area contributed by atoms with E-state index in [0.717, 1.165) is 88.2 Å². The number of rotatable bonds is 36. The van der Waals surface area contributed by atoms with E-state index >= 15 is 0 Å². The smallest absolute Gasteiger partial charge is 0.220 e. The first-order valence-electron chi connectivity index (χ1n) is 21.4. The van der Waals surface area contributed by atoms with E-state index in [9.17, 15) is 19.8 Å². The van der Waals surface area contributed by atoms with E-state index in [4.69, 9.17) is 0 Å². The van der Waals surface area contributed by atoms with Crippen molar-refractivity contribution in [1.82, 2.24) is 10.6 Å². The van der Waals surface area contributed by atoms with Crippen LogP contribution < -0.4 is 10.6 Å². The Morgan fingerprint density at radius 2 is 0.740 bits per heavy atom.